The van der Waals surface area contributed by atoms with E-state index in [-0.39, 0.29) is 58.5 Å². The van der Waals surface area contributed by atoms with Crippen molar-refractivity contribution >= 4 is 17.3 Å². The van der Waals surface area contributed by atoms with Crippen molar-refractivity contribution in [3.05, 3.63) is 51.6 Å². The van der Waals surface area contributed by atoms with Crippen LogP contribution in [0.2, 0.25) is 0 Å². The zero-order valence-corrected chi connectivity index (χ0v) is 24.3. The molecule has 2 aliphatic carbocycles. The molecule has 0 spiro atoms. The Bertz CT molecular complexity index is 1450. The number of ketones is 3. The number of fused-ring (bicyclic) bond motifs is 3. The van der Waals surface area contributed by atoms with Gasteiger partial charge in [0, 0.05) is 48.0 Å². The van der Waals surface area contributed by atoms with E-state index in [1.165, 1.54) is 25.3 Å². The van der Waals surface area contributed by atoms with Crippen LogP contribution >= 0.6 is 0 Å². The number of benzene rings is 2. The highest BCUT2D eigenvalue weighted by Crippen LogP contribution is 2.52. The highest BCUT2D eigenvalue weighted by molar-refractivity contribution is 6.31. The second kappa shape index (κ2) is 11.1. The van der Waals surface area contributed by atoms with Crippen molar-refractivity contribution in [1.29, 1.82) is 0 Å². The number of nitrogens with one attached hydrogen (secondary N) is 1. The first-order chi connectivity index (χ1) is 19.8. The topological polar surface area (TPSA) is 172 Å². The first-order valence-corrected chi connectivity index (χ1v) is 14.1. The summed E-state index contributed by atoms with van der Waals surface area (Å²) in [6, 6.07) is 4.65. The molecule has 1 fully saturated rings. The molecule has 5 N–H and O–H groups in total. The third-order valence-corrected chi connectivity index (χ3v) is 8.79. The summed E-state index contributed by atoms with van der Waals surface area (Å²) in [5.41, 5.74) is -3.24. The van der Waals surface area contributed by atoms with Gasteiger partial charge in [0.1, 0.15) is 29.5 Å². The van der Waals surface area contributed by atoms with E-state index in [0.717, 1.165) is 0 Å². The average molecular weight is 584 g/mol. The smallest absolute Gasteiger partial charge is 0.202 e. The van der Waals surface area contributed by atoms with Crippen molar-refractivity contribution in [3.8, 4) is 17.2 Å². The number of ether oxygens (including phenoxy) is 3. The van der Waals surface area contributed by atoms with Gasteiger partial charge in [-0.3, -0.25) is 14.4 Å². The lowest BCUT2D eigenvalue weighted by Gasteiger charge is -2.43. The summed E-state index contributed by atoms with van der Waals surface area (Å²) in [6.07, 6.45) is -2.81. The molecule has 0 saturated carbocycles. The van der Waals surface area contributed by atoms with Gasteiger partial charge in [-0.25, -0.2) is 0 Å². The van der Waals surface area contributed by atoms with Crippen molar-refractivity contribution in [2.24, 2.45) is 5.92 Å². The molecule has 0 bridgehead atoms. The van der Waals surface area contributed by atoms with Crippen LogP contribution in [0.5, 0.6) is 17.2 Å². The number of hydrogen-bond donors (Lipinski definition) is 5. The van der Waals surface area contributed by atoms with Crippen LogP contribution in [-0.4, -0.2) is 81.6 Å². The maximum Gasteiger partial charge on any atom is 0.202 e. The number of carbonyl (C=O) groups is 3. The van der Waals surface area contributed by atoms with E-state index < -0.39 is 71.0 Å². The molecule has 0 aromatic heterocycles. The minimum absolute atomic E-state index is 0.00784. The van der Waals surface area contributed by atoms with Crippen LogP contribution in [0.4, 0.5) is 0 Å². The fourth-order valence-electron chi connectivity index (χ4n) is 6.48. The number of carbonyl (C=O) groups excluding carboxylic acids is 3. The van der Waals surface area contributed by atoms with E-state index in [9.17, 15) is 34.8 Å². The van der Waals surface area contributed by atoms with Crippen molar-refractivity contribution in [3.63, 3.8) is 0 Å². The Morgan fingerprint density at radius 1 is 1.12 bits per heavy atom. The van der Waals surface area contributed by atoms with Gasteiger partial charge in [-0.1, -0.05) is 32.9 Å². The summed E-state index contributed by atoms with van der Waals surface area (Å²) in [6.45, 7) is 7.03. The van der Waals surface area contributed by atoms with E-state index >= 15 is 0 Å². The monoisotopic (exact) mass is 583 g/mol. The van der Waals surface area contributed by atoms with Gasteiger partial charge in [0.2, 0.25) is 5.78 Å². The Kier molecular flexibility index (Phi) is 7.92. The first-order valence-electron chi connectivity index (χ1n) is 14.1. The van der Waals surface area contributed by atoms with Gasteiger partial charge in [0.15, 0.2) is 17.9 Å². The Morgan fingerprint density at radius 2 is 1.81 bits per heavy atom. The highest BCUT2D eigenvalue weighted by atomic mass is 16.7. The molecule has 0 radical (unpaired) electrons. The summed E-state index contributed by atoms with van der Waals surface area (Å²) in [5, 5.41) is 47.7. The molecule has 226 valence electrons. The maximum absolute atomic E-state index is 13.8. The van der Waals surface area contributed by atoms with Crippen molar-refractivity contribution < 1.29 is 49.0 Å². The standard InChI is InChI=1S/C31H37NO10/c1-13(2)32-18-9-22(41-15(4)14(18)3)42-20-11-31(39,21(34)12-33)10-17-24(20)30(38)26-25(28(17)36)27(35)16-7-6-8-19(40-5)23(16)29(26)37/h6-8,13-15,18,20,22,32-33,36,38-39H,9-12H2,1-5H3/t14-,15+,18+,20+,22?,31+/m1/s1. The number of methoxy groups -OCH3 is 1. The molecule has 3 aliphatic rings. The van der Waals surface area contributed by atoms with Gasteiger partial charge in [0.05, 0.1) is 36.0 Å². The molecular formula is C31H37NO10. The maximum atomic E-state index is 13.8. The number of hydrogen-bond acceptors (Lipinski definition) is 11. The lowest BCUT2D eigenvalue weighted by molar-refractivity contribution is -0.239. The number of aromatic hydroxyl groups is 2. The van der Waals surface area contributed by atoms with E-state index in [4.69, 9.17) is 14.2 Å². The molecule has 1 saturated heterocycles. The third kappa shape index (κ3) is 4.79. The van der Waals surface area contributed by atoms with Crippen molar-refractivity contribution in [2.75, 3.05) is 13.7 Å². The second-order valence-electron chi connectivity index (χ2n) is 11.8. The number of rotatable bonds is 7. The summed E-state index contributed by atoms with van der Waals surface area (Å²) in [4.78, 5) is 40.2. The Labute approximate surface area is 243 Å². The Balaban J connectivity index is 1.65. The SMILES string of the molecule is COc1cccc2c1C(=O)c1c(O)c3c(c(O)c1C2=O)C[C@@](O)(C(=O)CO)C[C@@H]3OC1C[C@H](NC(C)C)[C@H](C)[C@H](C)O1. The molecule has 1 unspecified atom stereocenters. The molecule has 11 nitrogen and oxygen atoms in total. The van der Waals surface area contributed by atoms with Gasteiger partial charge in [0.25, 0.3) is 0 Å². The normalized spacial score (nSPS) is 28.7. The largest absolute Gasteiger partial charge is 0.507 e. The zero-order valence-electron chi connectivity index (χ0n) is 24.3. The van der Waals surface area contributed by atoms with Crippen molar-refractivity contribution in [1.82, 2.24) is 5.32 Å². The zero-order chi connectivity index (χ0) is 30.7. The summed E-state index contributed by atoms with van der Waals surface area (Å²) in [7, 11) is 1.35. The molecule has 11 heteroatoms. The number of phenols is 2. The predicted molar refractivity (Wildman–Crippen MR) is 149 cm³/mol. The number of aliphatic hydroxyl groups excluding tert-OH is 1. The lowest BCUT2D eigenvalue weighted by Crippen LogP contribution is -2.52. The average Bonchev–Trinajstić information content (AvgIpc) is 2.94. The summed E-state index contributed by atoms with van der Waals surface area (Å²) in [5.74, 6) is -3.33. The summed E-state index contributed by atoms with van der Waals surface area (Å²) < 4.78 is 17.8. The van der Waals surface area contributed by atoms with Crippen LogP contribution in [0, 0.1) is 5.92 Å². The molecule has 1 aliphatic heterocycles. The van der Waals surface area contributed by atoms with Crippen LogP contribution < -0.4 is 10.1 Å². The Hall–Kier alpha value is -3.35. The molecule has 5 rings (SSSR count). The van der Waals surface area contributed by atoms with E-state index in [1.54, 1.807) is 0 Å². The van der Waals surface area contributed by atoms with Crippen LogP contribution in [-0.2, 0) is 20.7 Å². The number of Topliss-reactive ketones (excluding diaryl/α,β-unsaturated/α-hetero) is 1. The quantitative estimate of drug-likeness (QED) is 0.259. The highest BCUT2D eigenvalue weighted by Gasteiger charge is 2.50. The molecule has 6 atom stereocenters. The van der Waals surface area contributed by atoms with Crippen LogP contribution in [0.25, 0.3) is 0 Å². The van der Waals surface area contributed by atoms with Crippen LogP contribution in [0.3, 0.4) is 0 Å². The molecule has 1 heterocycles. The molecule has 42 heavy (non-hydrogen) atoms. The van der Waals surface area contributed by atoms with Gasteiger partial charge in [-0.2, -0.15) is 0 Å². The van der Waals surface area contributed by atoms with Gasteiger partial charge >= 0.3 is 0 Å². The van der Waals surface area contributed by atoms with E-state index in [0.29, 0.717) is 6.42 Å². The molecule has 2 aromatic carbocycles. The van der Waals surface area contributed by atoms with Gasteiger partial charge in [-0.05, 0) is 18.9 Å². The van der Waals surface area contributed by atoms with Crippen LogP contribution in [0.1, 0.15) is 89.6 Å². The van der Waals surface area contributed by atoms with Gasteiger partial charge in [-0.15, -0.1) is 0 Å². The fraction of sp³-hybridized carbons (Fsp3) is 0.516. The molecule has 2 aromatic rings. The molecule has 0 amide bonds. The second-order valence-corrected chi connectivity index (χ2v) is 11.8. The number of aliphatic hydroxyl groups is 2. The summed E-state index contributed by atoms with van der Waals surface area (Å²) >= 11 is 0. The fourth-order valence-corrected chi connectivity index (χ4v) is 6.48. The van der Waals surface area contributed by atoms with Gasteiger partial charge < -0.3 is 40.0 Å². The molecular weight excluding hydrogens is 546 g/mol. The first kappa shape index (κ1) is 30.1. The predicted octanol–water partition coefficient (Wildman–Crippen LogP) is 2.32. The van der Waals surface area contributed by atoms with Crippen LogP contribution in [0.15, 0.2) is 18.2 Å². The van der Waals surface area contributed by atoms with Crippen molar-refractivity contribution in [2.45, 2.75) is 83.1 Å². The van der Waals surface area contributed by atoms with E-state index in [1.807, 2.05) is 20.8 Å². The third-order valence-electron chi connectivity index (χ3n) is 8.79. The van der Waals surface area contributed by atoms with E-state index in [2.05, 4.69) is 12.2 Å². The minimum Gasteiger partial charge on any atom is -0.507 e. The minimum atomic E-state index is -2.18. The Morgan fingerprint density at radius 3 is 2.45 bits per heavy atom. The lowest BCUT2D eigenvalue weighted by atomic mass is 9.72. The number of phenolic OH excluding ortho intramolecular Hbond substituents is 2.